The Hall–Kier alpha value is -1.69. The van der Waals surface area contributed by atoms with Gasteiger partial charge in [-0.2, -0.15) is 0 Å². The molecule has 98 valence electrons. The van der Waals surface area contributed by atoms with Crippen LogP contribution in [0.4, 0.5) is 10.5 Å². The van der Waals surface area contributed by atoms with Crippen LogP contribution in [0.25, 0.3) is 0 Å². The summed E-state index contributed by atoms with van der Waals surface area (Å²) in [4.78, 5) is 23.6. The molecule has 0 aromatic heterocycles. The van der Waals surface area contributed by atoms with Crippen LogP contribution in [-0.4, -0.2) is 31.3 Å². The van der Waals surface area contributed by atoms with E-state index < -0.39 is 6.03 Å². The Kier molecular flexibility index (Phi) is 6.07. The van der Waals surface area contributed by atoms with Crippen LogP contribution in [-0.2, 0) is 4.79 Å². The minimum atomic E-state index is -0.470. The second kappa shape index (κ2) is 7.60. The van der Waals surface area contributed by atoms with Crippen molar-refractivity contribution in [2.45, 2.75) is 11.8 Å². The monoisotopic (exact) mass is 267 g/mol. The maximum absolute atomic E-state index is 11.5. The first-order chi connectivity index (χ1) is 8.67. The molecule has 0 fully saturated rings. The maximum atomic E-state index is 11.5. The van der Waals surface area contributed by atoms with E-state index in [1.54, 1.807) is 18.7 Å². The smallest absolute Gasteiger partial charge is 0.321 e. The molecule has 1 rings (SSSR count). The van der Waals surface area contributed by atoms with Gasteiger partial charge in [-0.25, -0.2) is 4.79 Å². The molecule has 0 aliphatic heterocycles. The summed E-state index contributed by atoms with van der Waals surface area (Å²) in [7, 11) is 0. The van der Waals surface area contributed by atoms with Crippen molar-refractivity contribution in [1.29, 1.82) is 0 Å². The highest BCUT2D eigenvalue weighted by Crippen LogP contribution is 2.24. The fourth-order valence-corrected chi connectivity index (χ4v) is 1.92. The van der Waals surface area contributed by atoms with Crippen molar-refractivity contribution in [3.05, 3.63) is 24.3 Å². The highest BCUT2D eigenvalue weighted by molar-refractivity contribution is 7.98. The van der Waals surface area contributed by atoms with E-state index in [1.165, 1.54) is 0 Å². The summed E-state index contributed by atoms with van der Waals surface area (Å²) >= 11 is 1.60. The first kappa shape index (κ1) is 14.4. The van der Waals surface area contributed by atoms with Gasteiger partial charge >= 0.3 is 6.03 Å². The Balaban J connectivity index is 2.45. The van der Waals surface area contributed by atoms with E-state index in [4.69, 9.17) is 0 Å². The van der Waals surface area contributed by atoms with Crippen molar-refractivity contribution in [2.75, 3.05) is 24.7 Å². The molecule has 3 amide bonds. The minimum Gasteiger partial charge on any atom is -0.375 e. The third-order valence-corrected chi connectivity index (χ3v) is 2.93. The number of amides is 3. The summed E-state index contributed by atoms with van der Waals surface area (Å²) in [6, 6.07) is 7.22. The third-order valence-electron chi connectivity index (χ3n) is 2.14. The van der Waals surface area contributed by atoms with E-state index in [0.717, 1.165) is 10.6 Å². The predicted octanol–water partition coefficient (Wildman–Crippen LogP) is 1.67. The molecule has 0 radical (unpaired) electrons. The summed E-state index contributed by atoms with van der Waals surface area (Å²) in [6.07, 6.45) is 1.97. The quantitative estimate of drug-likeness (QED) is 0.710. The molecule has 0 atom stereocenters. The number of hydrogen-bond acceptors (Lipinski definition) is 4. The van der Waals surface area contributed by atoms with Gasteiger partial charge in [0.05, 0.1) is 6.54 Å². The van der Waals surface area contributed by atoms with Crippen molar-refractivity contribution in [3.8, 4) is 0 Å². The number of carbonyl (C=O) groups is 2. The van der Waals surface area contributed by atoms with Gasteiger partial charge in [-0.1, -0.05) is 12.1 Å². The number of anilines is 1. The lowest BCUT2D eigenvalue weighted by molar-refractivity contribution is -0.118. The summed E-state index contributed by atoms with van der Waals surface area (Å²) in [6.45, 7) is 2.34. The number of imide groups is 1. The van der Waals surface area contributed by atoms with E-state index in [2.05, 4.69) is 16.0 Å². The Morgan fingerprint density at radius 3 is 2.67 bits per heavy atom. The van der Waals surface area contributed by atoms with Crippen LogP contribution in [0.15, 0.2) is 29.2 Å². The van der Waals surface area contributed by atoms with E-state index in [0.29, 0.717) is 6.54 Å². The van der Waals surface area contributed by atoms with Gasteiger partial charge in [0.2, 0.25) is 5.91 Å². The number of rotatable bonds is 5. The zero-order valence-corrected chi connectivity index (χ0v) is 11.3. The van der Waals surface area contributed by atoms with Crippen molar-refractivity contribution in [1.82, 2.24) is 10.6 Å². The molecule has 0 aliphatic carbocycles. The predicted molar refractivity (Wildman–Crippen MR) is 73.9 cm³/mol. The van der Waals surface area contributed by atoms with Gasteiger partial charge in [0.25, 0.3) is 0 Å². The molecule has 3 N–H and O–H groups in total. The second-order valence-electron chi connectivity index (χ2n) is 3.46. The third kappa shape index (κ3) is 4.67. The van der Waals surface area contributed by atoms with Crippen LogP contribution in [0.3, 0.4) is 0 Å². The second-order valence-corrected chi connectivity index (χ2v) is 4.31. The molecule has 0 saturated heterocycles. The molecular weight excluding hydrogens is 250 g/mol. The van der Waals surface area contributed by atoms with Crippen LogP contribution >= 0.6 is 11.8 Å². The van der Waals surface area contributed by atoms with E-state index in [1.807, 2.05) is 30.5 Å². The van der Waals surface area contributed by atoms with Crippen molar-refractivity contribution in [3.63, 3.8) is 0 Å². The summed E-state index contributed by atoms with van der Waals surface area (Å²) in [5, 5.41) is 7.72. The maximum Gasteiger partial charge on any atom is 0.321 e. The van der Waals surface area contributed by atoms with Gasteiger partial charge in [-0.3, -0.25) is 10.1 Å². The van der Waals surface area contributed by atoms with Crippen molar-refractivity contribution >= 4 is 29.4 Å². The van der Waals surface area contributed by atoms with Crippen LogP contribution in [0.5, 0.6) is 0 Å². The number of thioether (sulfide) groups is 1. The first-order valence-corrected chi connectivity index (χ1v) is 6.84. The molecule has 5 nitrogen and oxygen atoms in total. The highest BCUT2D eigenvalue weighted by Gasteiger charge is 2.07. The average Bonchev–Trinajstić information content (AvgIpc) is 2.37. The van der Waals surface area contributed by atoms with Gasteiger partial charge in [0, 0.05) is 17.1 Å². The lowest BCUT2D eigenvalue weighted by Crippen LogP contribution is -2.41. The van der Waals surface area contributed by atoms with Crippen LogP contribution in [0.1, 0.15) is 6.92 Å². The number of benzene rings is 1. The largest absolute Gasteiger partial charge is 0.375 e. The molecule has 1 aromatic carbocycles. The minimum absolute atomic E-state index is 0.0642. The molecule has 0 bridgehead atoms. The fraction of sp³-hybridized carbons (Fsp3) is 0.333. The normalized spacial score (nSPS) is 9.67. The topological polar surface area (TPSA) is 70.2 Å². The lowest BCUT2D eigenvalue weighted by Gasteiger charge is -2.10. The Morgan fingerprint density at radius 2 is 2.00 bits per heavy atom. The molecule has 1 aromatic rings. The highest BCUT2D eigenvalue weighted by atomic mass is 32.2. The molecule has 18 heavy (non-hydrogen) atoms. The molecule has 0 spiro atoms. The van der Waals surface area contributed by atoms with E-state index in [-0.39, 0.29) is 12.5 Å². The SMILES string of the molecule is CCNC(=O)NC(=O)CNc1ccccc1SC. The molecule has 6 heteroatoms. The van der Waals surface area contributed by atoms with Crippen LogP contribution in [0.2, 0.25) is 0 Å². The zero-order chi connectivity index (χ0) is 13.4. The molecule has 0 saturated carbocycles. The standard InChI is InChI=1S/C12H17N3O2S/c1-3-13-12(17)15-11(16)8-14-9-6-4-5-7-10(9)18-2/h4-7,14H,3,8H2,1-2H3,(H2,13,15,16,17). The van der Waals surface area contributed by atoms with Gasteiger partial charge in [0.15, 0.2) is 0 Å². The van der Waals surface area contributed by atoms with Gasteiger partial charge < -0.3 is 10.6 Å². The molecule has 0 aliphatic rings. The summed E-state index contributed by atoms with van der Waals surface area (Å²) in [5.41, 5.74) is 0.885. The molecular formula is C12H17N3O2S. The number of urea groups is 1. The van der Waals surface area contributed by atoms with Crippen LogP contribution < -0.4 is 16.0 Å². The van der Waals surface area contributed by atoms with Gasteiger partial charge in [-0.05, 0) is 25.3 Å². The number of nitrogens with one attached hydrogen (secondary N) is 3. The van der Waals surface area contributed by atoms with Crippen molar-refractivity contribution < 1.29 is 9.59 Å². The Morgan fingerprint density at radius 1 is 1.28 bits per heavy atom. The van der Waals surface area contributed by atoms with E-state index in [9.17, 15) is 9.59 Å². The molecule has 0 unspecified atom stereocenters. The molecule has 0 heterocycles. The van der Waals surface area contributed by atoms with E-state index >= 15 is 0 Å². The van der Waals surface area contributed by atoms with Gasteiger partial charge in [-0.15, -0.1) is 11.8 Å². The number of carbonyl (C=O) groups excluding carboxylic acids is 2. The number of para-hydroxylation sites is 1. The summed E-state index contributed by atoms with van der Waals surface area (Å²) < 4.78 is 0. The lowest BCUT2D eigenvalue weighted by atomic mass is 10.3. The van der Waals surface area contributed by atoms with Crippen LogP contribution in [0, 0.1) is 0 Å². The Bertz CT molecular complexity index is 424. The number of hydrogen-bond donors (Lipinski definition) is 3. The average molecular weight is 267 g/mol. The summed E-state index contributed by atoms with van der Waals surface area (Å²) in [5.74, 6) is -0.364. The first-order valence-electron chi connectivity index (χ1n) is 5.62. The fourth-order valence-electron chi connectivity index (χ4n) is 1.34. The van der Waals surface area contributed by atoms with Crippen molar-refractivity contribution in [2.24, 2.45) is 0 Å². The van der Waals surface area contributed by atoms with Gasteiger partial charge in [0.1, 0.15) is 0 Å². The zero-order valence-electron chi connectivity index (χ0n) is 10.4. The Labute approximate surface area is 111 Å².